The summed E-state index contributed by atoms with van der Waals surface area (Å²) < 4.78 is 4.64. The maximum atomic E-state index is 10.6. The molecule has 0 radical (unpaired) electrons. The summed E-state index contributed by atoms with van der Waals surface area (Å²) in [6, 6.07) is 0. The Balaban J connectivity index is 0. The molecular formula is C9H15O4Rb. The number of esters is 1. The van der Waals surface area contributed by atoms with E-state index in [4.69, 9.17) is 0 Å². The summed E-state index contributed by atoms with van der Waals surface area (Å²) in [6.07, 6.45) is 3.39. The van der Waals surface area contributed by atoms with E-state index in [0.717, 1.165) is 25.7 Å². The molecule has 0 saturated heterocycles. The molecule has 0 aromatic heterocycles. The van der Waals surface area contributed by atoms with Gasteiger partial charge in [-0.15, -0.1) is 0 Å². The Labute approximate surface area is 133 Å². The third-order valence-electron chi connectivity index (χ3n) is 1.55. The van der Waals surface area contributed by atoms with Crippen LogP contribution in [0.2, 0.25) is 0 Å². The Hall–Kier alpha value is 0.745. The SMILES string of the molecule is CCCCCCOC(=O)CC(=O)[O-].[Rb+]. The van der Waals surface area contributed by atoms with Gasteiger partial charge in [-0.25, -0.2) is 0 Å². The van der Waals surface area contributed by atoms with Crippen molar-refractivity contribution in [3.05, 3.63) is 0 Å². The first-order valence-electron chi connectivity index (χ1n) is 4.52. The van der Waals surface area contributed by atoms with Crippen LogP contribution in [0.3, 0.4) is 0 Å². The second-order valence-corrected chi connectivity index (χ2v) is 2.83. The Bertz CT molecular complexity index is 170. The van der Waals surface area contributed by atoms with Crippen LogP contribution in [0.4, 0.5) is 0 Å². The van der Waals surface area contributed by atoms with E-state index in [1.807, 2.05) is 0 Å². The van der Waals surface area contributed by atoms with E-state index in [0.29, 0.717) is 6.61 Å². The molecule has 0 atom stereocenters. The Kier molecular flexibility index (Phi) is 14.5. The fourth-order valence-electron chi connectivity index (χ4n) is 0.884. The number of hydrogen-bond acceptors (Lipinski definition) is 4. The minimum Gasteiger partial charge on any atom is -0.550 e. The molecule has 0 amide bonds. The molecule has 76 valence electrons. The zero-order valence-corrected chi connectivity index (χ0v) is 13.8. The Morgan fingerprint density at radius 2 is 1.86 bits per heavy atom. The third-order valence-corrected chi connectivity index (χ3v) is 1.55. The summed E-state index contributed by atoms with van der Waals surface area (Å²) in [7, 11) is 0. The van der Waals surface area contributed by atoms with Crippen LogP contribution in [0, 0.1) is 0 Å². The van der Waals surface area contributed by atoms with Gasteiger partial charge in [0.1, 0.15) is 0 Å². The number of aliphatic carboxylic acids is 1. The van der Waals surface area contributed by atoms with Gasteiger partial charge in [-0.1, -0.05) is 26.2 Å². The monoisotopic (exact) mass is 272 g/mol. The van der Waals surface area contributed by atoms with Crippen LogP contribution in [-0.4, -0.2) is 18.5 Å². The largest absolute Gasteiger partial charge is 1.00 e. The fourth-order valence-corrected chi connectivity index (χ4v) is 0.884. The van der Waals surface area contributed by atoms with Crippen molar-refractivity contribution in [2.75, 3.05) is 6.61 Å². The van der Waals surface area contributed by atoms with E-state index in [2.05, 4.69) is 11.7 Å². The number of carbonyl (C=O) groups excluding carboxylic acids is 2. The zero-order valence-electron chi connectivity index (χ0n) is 8.88. The number of carboxylic acids is 1. The number of unbranched alkanes of at least 4 members (excludes halogenated alkanes) is 3. The minimum atomic E-state index is -1.39. The van der Waals surface area contributed by atoms with Crippen LogP contribution in [0.1, 0.15) is 39.0 Å². The Morgan fingerprint density at radius 3 is 2.36 bits per heavy atom. The van der Waals surface area contributed by atoms with Crippen LogP contribution in [0.5, 0.6) is 0 Å². The molecule has 0 N–H and O–H groups in total. The van der Waals surface area contributed by atoms with Gasteiger partial charge in [0.05, 0.1) is 19.0 Å². The van der Waals surface area contributed by atoms with Crippen molar-refractivity contribution in [3.8, 4) is 0 Å². The molecule has 0 bridgehead atoms. The van der Waals surface area contributed by atoms with E-state index in [9.17, 15) is 14.7 Å². The topological polar surface area (TPSA) is 66.4 Å². The van der Waals surface area contributed by atoms with Crippen LogP contribution < -0.4 is 63.3 Å². The van der Waals surface area contributed by atoms with E-state index in [-0.39, 0.29) is 58.2 Å². The van der Waals surface area contributed by atoms with Crippen LogP contribution >= 0.6 is 0 Å². The van der Waals surface area contributed by atoms with E-state index >= 15 is 0 Å². The molecule has 0 aliphatic heterocycles. The first kappa shape index (κ1) is 17.1. The predicted octanol–water partition coefficient (Wildman–Crippen LogP) is -2.75. The number of carboxylic acid groups (broad SMARTS) is 1. The van der Waals surface area contributed by atoms with Gasteiger partial charge in [-0.3, -0.25) is 4.79 Å². The molecule has 0 heterocycles. The van der Waals surface area contributed by atoms with Gasteiger partial charge in [-0.2, -0.15) is 0 Å². The number of rotatable bonds is 7. The zero-order chi connectivity index (χ0) is 10.1. The standard InChI is InChI=1S/C9H16O4.Rb/c1-2-3-4-5-6-13-9(12)7-8(10)11;/h2-7H2,1H3,(H,10,11);/q;+1/p-1. The van der Waals surface area contributed by atoms with Crippen molar-refractivity contribution < 1.29 is 77.6 Å². The van der Waals surface area contributed by atoms with E-state index in [1.165, 1.54) is 0 Å². The molecule has 0 aliphatic carbocycles. The summed E-state index contributed by atoms with van der Waals surface area (Å²) in [5, 5.41) is 9.93. The van der Waals surface area contributed by atoms with Crippen molar-refractivity contribution in [1.29, 1.82) is 0 Å². The molecule has 0 aromatic rings. The average molecular weight is 273 g/mol. The average Bonchev–Trinajstić information content (AvgIpc) is 2.02. The molecule has 0 rings (SSSR count). The normalized spacial score (nSPS) is 8.93. The van der Waals surface area contributed by atoms with Crippen LogP contribution in [-0.2, 0) is 14.3 Å². The van der Waals surface area contributed by atoms with E-state index < -0.39 is 18.4 Å². The minimum absolute atomic E-state index is 0. The van der Waals surface area contributed by atoms with Gasteiger partial charge >= 0.3 is 64.2 Å². The van der Waals surface area contributed by atoms with Crippen LogP contribution in [0.25, 0.3) is 0 Å². The summed E-state index contributed by atoms with van der Waals surface area (Å²) >= 11 is 0. The molecule has 0 unspecified atom stereocenters. The molecular weight excluding hydrogens is 258 g/mol. The number of ether oxygens (including phenoxy) is 1. The van der Waals surface area contributed by atoms with Crippen molar-refractivity contribution in [1.82, 2.24) is 0 Å². The molecule has 0 fully saturated rings. The molecule has 14 heavy (non-hydrogen) atoms. The molecule has 0 saturated carbocycles. The van der Waals surface area contributed by atoms with Gasteiger partial charge in [0.2, 0.25) is 0 Å². The van der Waals surface area contributed by atoms with Gasteiger partial charge in [0.15, 0.2) is 0 Å². The summed E-state index contributed by atoms with van der Waals surface area (Å²) in [5.74, 6) is -2.10. The molecule has 0 aliphatic rings. The molecule has 0 spiro atoms. The van der Waals surface area contributed by atoms with Crippen molar-refractivity contribution in [2.24, 2.45) is 0 Å². The van der Waals surface area contributed by atoms with Gasteiger partial charge in [-0.05, 0) is 6.42 Å². The quantitative estimate of drug-likeness (QED) is 0.286. The summed E-state index contributed by atoms with van der Waals surface area (Å²) in [4.78, 5) is 20.6. The van der Waals surface area contributed by atoms with Crippen LogP contribution in [0.15, 0.2) is 0 Å². The fraction of sp³-hybridized carbons (Fsp3) is 0.778. The Morgan fingerprint density at radius 1 is 1.21 bits per heavy atom. The van der Waals surface area contributed by atoms with E-state index in [1.54, 1.807) is 0 Å². The summed E-state index contributed by atoms with van der Waals surface area (Å²) in [6.45, 7) is 2.40. The van der Waals surface area contributed by atoms with Crippen molar-refractivity contribution >= 4 is 11.9 Å². The predicted molar refractivity (Wildman–Crippen MR) is 44.7 cm³/mol. The van der Waals surface area contributed by atoms with Gasteiger partial charge in [0.25, 0.3) is 0 Å². The molecule has 5 heteroatoms. The van der Waals surface area contributed by atoms with Crippen molar-refractivity contribution in [3.63, 3.8) is 0 Å². The molecule has 0 aromatic carbocycles. The number of hydrogen-bond donors (Lipinski definition) is 0. The maximum absolute atomic E-state index is 10.6. The molecule has 4 nitrogen and oxygen atoms in total. The number of carbonyl (C=O) groups is 2. The smallest absolute Gasteiger partial charge is 0.550 e. The first-order chi connectivity index (χ1) is 6.16. The second kappa shape index (κ2) is 11.8. The van der Waals surface area contributed by atoms with Gasteiger partial charge in [0, 0.05) is 0 Å². The third kappa shape index (κ3) is 12.7. The second-order valence-electron chi connectivity index (χ2n) is 2.83. The van der Waals surface area contributed by atoms with Gasteiger partial charge < -0.3 is 14.6 Å². The van der Waals surface area contributed by atoms with Crippen molar-refractivity contribution in [2.45, 2.75) is 39.0 Å². The maximum Gasteiger partial charge on any atom is 1.00 e. The first-order valence-corrected chi connectivity index (χ1v) is 4.52. The summed E-state index contributed by atoms with van der Waals surface area (Å²) in [5.41, 5.74) is 0.